The van der Waals surface area contributed by atoms with E-state index in [-0.39, 0.29) is 13.0 Å². The van der Waals surface area contributed by atoms with Crippen molar-refractivity contribution in [2.24, 2.45) is 0 Å². The molecule has 0 aliphatic rings. The second kappa shape index (κ2) is 11.4. The average molecular weight is 419 g/mol. The second-order valence-corrected chi connectivity index (χ2v) is 6.86. The normalized spacial score (nSPS) is 10.2. The Balaban J connectivity index is 1.36. The van der Waals surface area contributed by atoms with Gasteiger partial charge < -0.3 is 19.5 Å². The molecule has 0 saturated carbocycles. The molecule has 3 aromatic carbocycles. The van der Waals surface area contributed by atoms with Gasteiger partial charge in [-0.15, -0.1) is 0 Å². The van der Waals surface area contributed by atoms with Gasteiger partial charge in [0.1, 0.15) is 18.1 Å². The molecule has 3 aromatic rings. The molecule has 0 spiro atoms. The van der Waals surface area contributed by atoms with Crippen molar-refractivity contribution in [1.82, 2.24) is 0 Å². The van der Waals surface area contributed by atoms with Crippen LogP contribution in [-0.4, -0.2) is 25.6 Å². The summed E-state index contributed by atoms with van der Waals surface area (Å²) in [5.41, 5.74) is 2.68. The van der Waals surface area contributed by atoms with Crippen LogP contribution in [0.15, 0.2) is 78.9 Å². The lowest BCUT2D eigenvalue weighted by atomic mass is 10.1. The number of amides is 1. The predicted molar refractivity (Wildman–Crippen MR) is 118 cm³/mol. The lowest BCUT2D eigenvalue weighted by Gasteiger charge is -2.09. The fraction of sp³-hybridized carbons (Fsp3) is 0.200. The van der Waals surface area contributed by atoms with Crippen LogP contribution in [0, 0.1) is 0 Å². The number of hydrogen-bond donors (Lipinski definition) is 1. The summed E-state index contributed by atoms with van der Waals surface area (Å²) in [5.74, 6) is 0.650. The monoisotopic (exact) mass is 419 g/mol. The zero-order chi connectivity index (χ0) is 21.9. The first kappa shape index (κ1) is 21.9. The van der Waals surface area contributed by atoms with Crippen LogP contribution in [-0.2, 0) is 27.4 Å². The molecule has 0 aliphatic carbocycles. The van der Waals surface area contributed by atoms with Gasteiger partial charge in [-0.3, -0.25) is 9.59 Å². The molecule has 0 saturated heterocycles. The lowest BCUT2D eigenvalue weighted by molar-refractivity contribution is -0.147. The third kappa shape index (κ3) is 7.51. The molecule has 6 heteroatoms. The summed E-state index contributed by atoms with van der Waals surface area (Å²) in [5, 5.41) is 2.70. The number of rotatable bonds is 10. The smallest absolute Gasteiger partial charge is 0.306 e. The Morgan fingerprint density at radius 1 is 0.806 bits per heavy atom. The molecule has 0 bridgehead atoms. The van der Waals surface area contributed by atoms with Crippen LogP contribution in [0.5, 0.6) is 11.5 Å². The second-order valence-electron chi connectivity index (χ2n) is 6.86. The number of carbonyl (C=O) groups excluding carboxylic acids is 2. The fourth-order valence-corrected chi connectivity index (χ4v) is 2.83. The van der Waals surface area contributed by atoms with Crippen molar-refractivity contribution < 1.29 is 23.8 Å². The molecule has 0 fully saturated rings. The largest absolute Gasteiger partial charge is 0.497 e. The molecule has 0 unspecified atom stereocenters. The molecule has 1 amide bonds. The van der Waals surface area contributed by atoms with Gasteiger partial charge in [0, 0.05) is 12.1 Å². The number of methoxy groups -OCH3 is 1. The molecule has 3 rings (SSSR count). The summed E-state index contributed by atoms with van der Waals surface area (Å²) in [6, 6.07) is 24.4. The van der Waals surface area contributed by atoms with E-state index >= 15 is 0 Å². The van der Waals surface area contributed by atoms with Crippen molar-refractivity contribution in [3.05, 3.63) is 90.0 Å². The third-order valence-electron chi connectivity index (χ3n) is 4.53. The van der Waals surface area contributed by atoms with Crippen LogP contribution in [0.25, 0.3) is 0 Å². The minimum atomic E-state index is -0.421. The van der Waals surface area contributed by atoms with E-state index in [2.05, 4.69) is 5.32 Å². The van der Waals surface area contributed by atoms with E-state index in [1.54, 1.807) is 31.4 Å². The van der Waals surface area contributed by atoms with Gasteiger partial charge in [-0.1, -0.05) is 42.5 Å². The minimum absolute atomic E-state index is 0.201. The Bertz CT molecular complexity index is 969. The molecule has 1 N–H and O–H groups in total. The molecule has 160 valence electrons. The first-order valence-corrected chi connectivity index (χ1v) is 9.97. The van der Waals surface area contributed by atoms with Crippen molar-refractivity contribution in [2.75, 3.05) is 19.0 Å². The van der Waals surface area contributed by atoms with Crippen LogP contribution in [0.1, 0.15) is 17.5 Å². The fourth-order valence-electron chi connectivity index (χ4n) is 2.83. The van der Waals surface area contributed by atoms with Crippen molar-refractivity contribution in [3.8, 4) is 11.5 Å². The third-order valence-corrected chi connectivity index (χ3v) is 4.53. The first-order valence-electron chi connectivity index (χ1n) is 9.97. The number of esters is 1. The van der Waals surface area contributed by atoms with Crippen molar-refractivity contribution >= 4 is 17.6 Å². The van der Waals surface area contributed by atoms with Gasteiger partial charge in [-0.05, 0) is 53.9 Å². The number of carbonyl (C=O) groups is 2. The van der Waals surface area contributed by atoms with Crippen molar-refractivity contribution in [1.29, 1.82) is 0 Å². The highest BCUT2D eigenvalue weighted by molar-refractivity contribution is 5.92. The quantitative estimate of drug-likeness (QED) is 0.494. The van der Waals surface area contributed by atoms with Crippen LogP contribution in [0.2, 0.25) is 0 Å². The minimum Gasteiger partial charge on any atom is -0.497 e. The topological polar surface area (TPSA) is 73.9 Å². The molecule has 6 nitrogen and oxygen atoms in total. The molecule has 0 aromatic heterocycles. The van der Waals surface area contributed by atoms with Crippen molar-refractivity contribution in [2.45, 2.75) is 19.4 Å². The highest BCUT2D eigenvalue weighted by atomic mass is 16.5. The highest BCUT2D eigenvalue weighted by Gasteiger charge is 2.09. The Labute approximate surface area is 181 Å². The summed E-state index contributed by atoms with van der Waals surface area (Å²) in [7, 11) is 1.60. The van der Waals surface area contributed by atoms with Gasteiger partial charge in [0.05, 0.1) is 7.11 Å². The number of aryl methyl sites for hydroxylation is 1. The van der Waals surface area contributed by atoms with Gasteiger partial charge in [0.2, 0.25) is 0 Å². The summed E-state index contributed by atoms with van der Waals surface area (Å²) in [6.07, 6.45) is 0.738. The summed E-state index contributed by atoms with van der Waals surface area (Å²) in [4.78, 5) is 23.9. The predicted octanol–water partition coefficient (Wildman–Crippen LogP) is 4.39. The van der Waals surface area contributed by atoms with E-state index < -0.39 is 11.9 Å². The van der Waals surface area contributed by atoms with Crippen LogP contribution in [0.3, 0.4) is 0 Å². The Morgan fingerprint density at radius 3 is 2.16 bits per heavy atom. The number of benzene rings is 3. The number of anilines is 1. The molecule has 0 aliphatic heterocycles. The van der Waals surface area contributed by atoms with Crippen LogP contribution in [0.4, 0.5) is 5.69 Å². The molecule has 0 atom stereocenters. The molecule has 0 radical (unpaired) electrons. The first-order chi connectivity index (χ1) is 15.1. The Kier molecular flexibility index (Phi) is 8.05. The van der Waals surface area contributed by atoms with Crippen LogP contribution < -0.4 is 14.8 Å². The van der Waals surface area contributed by atoms with E-state index in [4.69, 9.17) is 14.2 Å². The van der Waals surface area contributed by atoms with Gasteiger partial charge in [0.15, 0.2) is 6.61 Å². The molecule has 0 heterocycles. The van der Waals surface area contributed by atoms with Crippen LogP contribution >= 0.6 is 0 Å². The standard InChI is InChI=1S/C25H25NO5/c1-29-22-12-7-19(8-13-22)9-16-25(28)31-18-24(27)26-21-10-14-23(15-11-21)30-17-20-5-3-2-4-6-20/h2-8,10-15H,9,16-18H2,1H3,(H,26,27). The number of nitrogens with one attached hydrogen (secondary N) is 1. The van der Waals surface area contributed by atoms with E-state index in [1.165, 1.54) is 0 Å². The average Bonchev–Trinajstić information content (AvgIpc) is 2.82. The lowest BCUT2D eigenvalue weighted by Crippen LogP contribution is -2.21. The zero-order valence-electron chi connectivity index (χ0n) is 17.4. The Hall–Kier alpha value is -3.80. The van der Waals surface area contributed by atoms with Crippen molar-refractivity contribution in [3.63, 3.8) is 0 Å². The number of ether oxygens (including phenoxy) is 3. The molecule has 31 heavy (non-hydrogen) atoms. The maximum absolute atomic E-state index is 12.0. The SMILES string of the molecule is COc1ccc(CCC(=O)OCC(=O)Nc2ccc(OCc3ccccc3)cc2)cc1. The highest BCUT2D eigenvalue weighted by Crippen LogP contribution is 2.17. The van der Waals surface area contributed by atoms with Gasteiger partial charge in [-0.25, -0.2) is 0 Å². The van der Waals surface area contributed by atoms with Gasteiger partial charge in [0.25, 0.3) is 5.91 Å². The van der Waals surface area contributed by atoms with E-state index in [1.807, 2.05) is 54.6 Å². The van der Waals surface area contributed by atoms with E-state index in [0.29, 0.717) is 24.5 Å². The number of hydrogen-bond acceptors (Lipinski definition) is 5. The zero-order valence-corrected chi connectivity index (χ0v) is 17.4. The van der Waals surface area contributed by atoms with E-state index in [0.717, 1.165) is 16.9 Å². The summed E-state index contributed by atoms with van der Waals surface area (Å²) < 4.78 is 15.9. The van der Waals surface area contributed by atoms with E-state index in [9.17, 15) is 9.59 Å². The van der Waals surface area contributed by atoms with Gasteiger partial charge >= 0.3 is 5.97 Å². The molecular weight excluding hydrogens is 394 g/mol. The maximum Gasteiger partial charge on any atom is 0.306 e. The Morgan fingerprint density at radius 2 is 1.48 bits per heavy atom. The summed E-state index contributed by atoms with van der Waals surface area (Å²) >= 11 is 0. The van der Waals surface area contributed by atoms with Gasteiger partial charge in [-0.2, -0.15) is 0 Å². The maximum atomic E-state index is 12.0. The summed E-state index contributed by atoms with van der Waals surface area (Å²) in [6.45, 7) is 0.146. The molecular formula is C25H25NO5.